The Morgan fingerprint density at radius 1 is 1.37 bits per heavy atom. The first-order chi connectivity index (χ1) is 12.6. The van der Waals surface area contributed by atoms with Gasteiger partial charge in [0.25, 0.3) is 0 Å². The average molecular weight is 380 g/mol. The standard InChI is InChI=1S/C18H19F3N4O2/c1-9-6-14(27-24-9)25-13-7-10(18(19,20)21)4-5-12(13)22-16(25)23-15(26)11-8-17(11,2)3/h4-5,7,11,14H,6,8H2,1-3H3,(H,22,23,26)/t11-,14?/m1/s1. The Hall–Kier alpha value is -2.58. The number of aromatic nitrogens is 2. The monoisotopic (exact) mass is 380 g/mol. The smallest absolute Gasteiger partial charge is 0.370 e. The Kier molecular flexibility index (Phi) is 3.77. The number of nitrogens with zero attached hydrogens (tertiary/aromatic N) is 3. The van der Waals surface area contributed by atoms with Crippen LogP contribution in [0.5, 0.6) is 0 Å². The van der Waals surface area contributed by atoms with E-state index in [0.717, 1.165) is 24.3 Å². The fourth-order valence-electron chi connectivity index (χ4n) is 3.38. The molecule has 1 aromatic heterocycles. The number of carbonyl (C=O) groups excluding carboxylic acids is 1. The molecule has 1 unspecified atom stereocenters. The summed E-state index contributed by atoms with van der Waals surface area (Å²) in [6.45, 7) is 5.76. The Labute approximate surface area is 153 Å². The van der Waals surface area contributed by atoms with E-state index in [1.165, 1.54) is 10.6 Å². The lowest BCUT2D eigenvalue weighted by atomic mass is 10.1. The number of hydrogen-bond acceptors (Lipinski definition) is 4. The summed E-state index contributed by atoms with van der Waals surface area (Å²) in [5.41, 5.74) is 0.447. The molecule has 2 heterocycles. The number of amides is 1. The predicted octanol–water partition coefficient (Wildman–Crippen LogP) is 4.33. The molecule has 0 radical (unpaired) electrons. The highest BCUT2D eigenvalue weighted by Gasteiger charge is 2.51. The molecule has 2 atom stereocenters. The molecular weight excluding hydrogens is 361 g/mol. The summed E-state index contributed by atoms with van der Waals surface area (Å²) in [5.74, 6) is -0.158. The molecule has 9 heteroatoms. The average Bonchev–Trinajstić information content (AvgIpc) is 2.90. The maximum Gasteiger partial charge on any atom is 0.416 e. The normalized spacial score (nSPS) is 23.9. The fourth-order valence-corrected chi connectivity index (χ4v) is 3.38. The number of benzene rings is 1. The van der Waals surface area contributed by atoms with Gasteiger partial charge in [-0.15, -0.1) is 0 Å². The van der Waals surface area contributed by atoms with Gasteiger partial charge in [-0.05, 0) is 37.0 Å². The number of alkyl halides is 3. The van der Waals surface area contributed by atoms with Crippen molar-refractivity contribution in [2.75, 3.05) is 5.32 Å². The van der Waals surface area contributed by atoms with E-state index in [4.69, 9.17) is 4.84 Å². The first-order valence-corrected chi connectivity index (χ1v) is 8.65. The zero-order valence-corrected chi connectivity index (χ0v) is 15.1. The highest BCUT2D eigenvalue weighted by molar-refractivity contribution is 5.95. The van der Waals surface area contributed by atoms with Crippen LogP contribution in [0.25, 0.3) is 11.0 Å². The molecule has 4 rings (SSSR count). The van der Waals surface area contributed by atoms with Crippen LogP contribution in [0.3, 0.4) is 0 Å². The summed E-state index contributed by atoms with van der Waals surface area (Å²) in [6.07, 6.45) is -3.96. The molecule has 1 amide bonds. The van der Waals surface area contributed by atoms with Crippen LogP contribution in [0.4, 0.5) is 19.1 Å². The third kappa shape index (κ3) is 3.15. The van der Waals surface area contributed by atoms with Crippen LogP contribution in [0.15, 0.2) is 23.4 Å². The van der Waals surface area contributed by atoms with Crippen molar-refractivity contribution >= 4 is 28.6 Å². The third-order valence-electron chi connectivity index (χ3n) is 5.17. The molecule has 0 saturated heterocycles. The van der Waals surface area contributed by atoms with Gasteiger partial charge in [0.15, 0.2) is 0 Å². The van der Waals surface area contributed by atoms with Gasteiger partial charge in [-0.3, -0.25) is 14.7 Å². The summed E-state index contributed by atoms with van der Waals surface area (Å²) in [6, 6.07) is 3.30. The van der Waals surface area contributed by atoms with Crippen molar-refractivity contribution in [2.24, 2.45) is 16.5 Å². The number of oxime groups is 1. The van der Waals surface area contributed by atoms with Gasteiger partial charge in [-0.25, -0.2) is 4.98 Å². The van der Waals surface area contributed by atoms with E-state index in [1.54, 1.807) is 6.92 Å². The van der Waals surface area contributed by atoms with Crippen LogP contribution in [0, 0.1) is 11.3 Å². The maximum atomic E-state index is 13.1. The van der Waals surface area contributed by atoms with E-state index in [-0.39, 0.29) is 28.7 Å². The number of rotatable bonds is 3. The van der Waals surface area contributed by atoms with E-state index in [2.05, 4.69) is 15.5 Å². The summed E-state index contributed by atoms with van der Waals surface area (Å²) >= 11 is 0. The van der Waals surface area contributed by atoms with Gasteiger partial charge in [0, 0.05) is 12.3 Å². The van der Waals surface area contributed by atoms with Gasteiger partial charge >= 0.3 is 6.18 Å². The van der Waals surface area contributed by atoms with Crippen molar-refractivity contribution in [2.45, 2.75) is 46.0 Å². The molecule has 6 nitrogen and oxygen atoms in total. The number of anilines is 1. The van der Waals surface area contributed by atoms with E-state index < -0.39 is 18.0 Å². The van der Waals surface area contributed by atoms with Crippen LogP contribution >= 0.6 is 0 Å². The lowest BCUT2D eigenvalue weighted by Crippen LogP contribution is -2.21. The molecule has 27 heavy (non-hydrogen) atoms. The van der Waals surface area contributed by atoms with E-state index in [9.17, 15) is 18.0 Å². The van der Waals surface area contributed by atoms with E-state index >= 15 is 0 Å². The topological polar surface area (TPSA) is 68.5 Å². The number of nitrogens with one attached hydrogen (secondary N) is 1. The van der Waals surface area contributed by atoms with Crippen LogP contribution in [0.2, 0.25) is 0 Å². The molecule has 1 aromatic carbocycles. The summed E-state index contributed by atoms with van der Waals surface area (Å²) < 4.78 is 40.9. The minimum absolute atomic E-state index is 0.0755. The predicted molar refractivity (Wildman–Crippen MR) is 93.1 cm³/mol. The Morgan fingerprint density at radius 2 is 2.07 bits per heavy atom. The number of fused-ring (bicyclic) bond motifs is 1. The number of imidazole rings is 1. The molecule has 1 saturated carbocycles. The molecule has 2 aromatic rings. The summed E-state index contributed by atoms with van der Waals surface area (Å²) in [5, 5.41) is 6.64. The van der Waals surface area contributed by atoms with E-state index in [0.29, 0.717) is 11.9 Å². The van der Waals surface area contributed by atoms with E-state index in [1.807, 2.05) is 13.8 Å². The van der Waals surface area contributed by atoms with Gasteiger partial charge in [0.05, 0.1) is 22.3 Å². The van der Waals surface area contributed by atoms with Crippen LogP contribution in [0.1, 0.15) is 45.4 Å². The second-order valence-electron chi connectivity index (χ2n) is 7.83. The number of carbonyl (C=O) groups is 1. The van der Waals surface area contributed by atoms with Gasteiger partial charge in [0.2, 0.25) is 18.1 Å². The van der Waals surface area contributed by atoms with Crippen molar-refractivity contribution in [3.8, 4) is 0 Å². The van der Waals surface area contributed by atoms with Gasteiger partial charge in [-0.2, -0.15) is 13.2 Å². The van der Waals surface area contributed by atoms with Crippen molar-refractivity contribution < 1.29 is 22.8 Å². The first-order valence-electron chi connectivity index (χ1n) is 8.65. The lowest BCUT2D eigenvalue weighted by molar-refractivity contribution is -0.137. The quantitative estimate of drug-likeness (QED) is 0.862. The van der Waals surface area contributed by atoms with Crippen LogP contribution < -0.4 is 5.32 Å². The van der Waals surface area contributed by atoms with Crippen LogP contribution in [-0.2, 0) is 15.8 Å². The largest absolute Gasteiger partial charge is 0.416 e. The molecule has 1 aliphatic heterocycles. The molecular formula is C18H19F3N4O2. The van der Waals surface area contributed by atoms with Crippen molar-refractivity contribution in [1.82, 2.24) is 9.55 Å². The summed E-state index contributed by atoms with van der Waals surface area (Å²) in [7, 11) is 0. The first kappa shape index (κ1) is 17.8. The second kappa shape index (κ2) is 5.71. The van der Waals surface area contributed by atoms with Gasteiger partial charge in [-0.1, -0.05) is 19.0 Å². The molecule has 2 aliphatic rings. The second-order valence-corrected chi connectivity index (χ2v) is 7.83. The molecule has 0 spiro atoms. The molecule has 144 valence electrons. The highest BCUT2D eigenvalue weighted by atomic mass is 19.4. The minimum atomic E-state index is -4.48. The molecule has 1 fully saturated rings. The molecule has 0 bridgehead atoms. The van der Waals surface area contributed by atoms with Crippen molar-refractivity contribution in [3.05, 3.63) is 23.8 Å². The van der Waals surface area contributed by atoms with Crippen molar-refractivity contribution in [1.29, 1.82) is 0 Å². The Balaban J connectivity index is 1.76. The number of halogens is 3. The molecule has 1 N–H and O–H groups in total. The van der Waals surface area contributed by atoms with Gasteiger partial charge < -0.3 is 4.84 Å². The highest BCUT2D eigenvalue weighted by Crippen LogP contribution is 2.52. The van der Waals surface area contributed by atoms with Gasteiger partial charge in [0.1, 0.15) is 0 Å². The molecule has 1 aliphatic carbocycles. The van der Waals surface area contributed by atoms with Crippen molar-refractivity contribution in [3.63, 3.8) is 0 Å². The lowest BCUT2D eigenvalue weighted by Gasteiger charge is -2.16. The maximum absolute atomic E-state index is 13.1. The Bertz CT molecular complexity index is 961. The Morgan fingerprint density at radius 3 is 2.63 bits per heavy atom. The van der Waals surface area contributed by atoms with Crippen LogP contribution in [-0.4, -0.2) is 21.2 Å². The minimum Gasteiger partial charge on any atom is -0.370 e. The zero-order chi connectivity index (χ0) is 19.6. The SMILES string of the molecule is CC1=NOC(n2c(NC(=O)[C@H]3CC3(C)C)nc3ccc(C(F)(F)F)cc32)C1. The zero-order valence-electron chi connectivity index (χ0n) is 15.1. The summed E-state index contributed by atoms with van der Waals surface area (Å²) in [4.78, 5) is 22.2. The number of hydrogen-bond donors (Lipinski definition) is 1. The third-order valence-corrected chi connectivity index (χ3v) is 5.17. The fraction of sp³-hybridized carbons (Fsp3) is 0.500.